The minimum absolute atomic E-state index is 0.157. The first-order chi connectivity index (χ1) is 9.72. The molecule has 0 heterocycles. The molecule has 0 fully saturated rings. The number of aryl methyl sites for hydroxylation is 1. The molecule has 0 radical (unpaired) electrons. The number of sulfonamides is 1. The van der Waals surface area contributed by atoms with Gasteiger partial charge in [0.25, 0.3) is 0 Å². The number of nitriles is 1. The fourth-order valence-electron chi connectivity index (χ4n) is 1.79. The number of hydrogen-bond acceptors (Lipinski definition) is 4. The van der Waals surface area contributed by atoms with Crippen molar-refractivity contribution in [1.29, 1.82) is 5.26 Å². The van der Waals surface area contributed by atoms with Crippen molar-refractivity contribution in [2.24, 2.45) is 5.41 Å². The third kappa shape index (κ3) is 5.12. The Bertz CT molecular complexity index is 631. The number of nitrogens with zero attached hydrogens (tertiary/aromatic N) is 1. The van der Waals surface area contributed by atoms with Crippen molar-refractivity contribution in [3.8, 4) is 6.07 Å². The fourth-order valence-corrected chi connectivity index (χ4v) is 3.30. The average Bonchev–Trinajstić information content (AvgIpc) is 2.44. The second-order valence-corrected chi connectivity index (χ2v) is 7.56. The van der Waals surface area contributed by atoms with E-state index in [0.717, 1.165) is 6.42 Å². The van der Waals surface area contributed by atoms with Crippen molar-refractivity contribution < 1.29 is 13.2 Å². The molecule has 0 unspecified atom stereocenters. The lowest BCUT2D eigenvalue weighted by atomic mass is 9.90. The van der Waals surface area contributed by atoms with E-state index in [2.05, 4.69) is 4.72 Å². The van der Waals surface area contributed by atoms with E-state index in [1.54, 1.807) is 26.2 Å². The van der Waals surface area contributed by atoms with Crippen molar-refractivity contribution in [2.75, 3.05) is 20.3 Å². The molecule has 5 nitrogen and oxygen atoms in total. The summed E-state index contributed by atoms with van der Waals surface area (Å²) >= 11 is 0. The van der Waals surface area contributed by atoms with Crippen molar-refractivity contribution in [2.45, 2.75) is 32.1 Å². The number of nitrogens with one attached hydrogen (secondary N) is 1. The summed E-state index contributed by atoms with van der Waals surface area (Å²) in [5.74, 6) is 0. The highest BCUT2D eigenvalue weighted by Crippen LogP contribution is 2.21. The summed E-state index contributed by atoms with van der Waals surface area (Å²) in [5.41, 5.74) is 0.750. The highest BCUT2D eigenvalue weighted by molar-refractivity contribution is 7.89. The van der Waals surface area contributed by atoms with Gasteiger partial charge in [-0.3, -0.25) is 0 Å². The summed E-state index contributed by atoms with van der Waals surface area (Å²) < 4.78 is 32.4. The van der Waals surface area contributed by atoms with Crippen molar-refractivity contribution in [3.05, 3.63) is 29.3 Å². The standard InChI is InChI=1S/C15H22N2O3S/c1-12-5-6-13(10-16)9-14(12)21(18,19)17-11-15(2,3)7-8-20-4/h5-6,9,17H,7-8,11H2,1-4H3. The van der Waals surface area contributed by atoms with E-state index in [1.807, 2.05) is 19.9 Å². The van der Waals surface area contributed by atoms with Gasteiger partial charge in [-0.05, 0) is 36.5 Å². The van der Waals surface area contributed by atoms with Crippen LogP contribution in [0.4, 0.5) is 0 Å². The van der Waals surface area contributed by atoms with Crippen molar-refractivity contribution in [3.63, 3.8) is 0 Å². The molecule has 0 aromatic heterocycles. The third-order valence-electron chi connectivity index (χ3n) is 3.33. The summed E-state index contributed by atoms with van der Waals surface area (Å²) in [7, 11) is -2.00. The van der Waals surface area contributed by atoms with Crippen LogP contribution in [0.3, 0.4) is 0 Å². The Balaban J connectivity index is 2.90. The van der Waals surface area contributed by atoms with Crippen LogP contribution in [0.15, 0.2) is 23.1 Å². The normalized spacial score (nSPS) is 12.1. The summed E-state index contributed by atoms with van der Waals surface area (Å²) in [6.45, 7) is 6.57. The first kappa shape index (κ1) is 17.6. The van der Waals surface area contributed by atoms with E-state index in [0.29, 0.717) is 24.3 Å². The fraction of sp³-hybridized carbons (Fsp3) is 0.533. The molecule has 1 N–H and O–H groups in total. The zero-order valence-electron chi connectivity index (χ0n) is 12.9. The first-order valence-electron chi connectivity index (χ1n) is 6.71. The maximum absolute atomic E-state index is 12.4. The molecule has 0 amide bonds. The summed E-state index contributed by atoms with van der Waals surface area (Å²) in [6.07, 6.45) is 0.753. The van der Waals surface area contributed by atoms with Crippen LogP contribution >= 0.6 is 0 Å². The molecule has 0 spiro atoms. The Kier molecular flexibility index (Phi) is 5.90. The lowest BCUT2D eigenvalue weighted by Crippen LogP contribution is -2.35. The highest BCUT2D eigenvalue weighted by Gasteiger charge is 2.23. The molecule has 1 aromatic carbocycles. The smallest absolute Gasteiger partial charge is 0.240 e. The molecule has 0 aliphatic heterocycles. The van der Waals surface area contributed by atoms with Crippen LogP contribution in [-0.2, 0) is 14.8 Å². The van der Waals surface area contributed by atoms with Crippen LogP contribution in [0, 0.1) is 23.7 Å². The Morgan fingerprint density at radius 2 is 2.05 bits per heavy atom. The second kappa shape index (κ2) is 7.03. The molecule has 0 aliphatic carbocycles. The van der Waals surface area contributed by atoms with E-state index in [9.17, 15) is 8.42 Å². The van der Waals surface area contributed by atoms with Crippen LogP contribution in [0.1, 0.15) is 31.4 Å². The minimum atomic E-state index is -3.62. The molecule has 116 valence electrons. The van der Waals surface area contributed by atoms with Gasteiger partial charge in [-0.15, -0.1) is 0 Å². The van der Waals surface area contributed by atoms with Gasteiger partial charge in [0.05, 0.1) is 16.5 Å². The monoisotopic (exact) mass is 310 g/mol. The molecule has 0 saturated heterocycles. The maximum atomic E-state index is 12.4. The molecule has 0 bridgehead atoms. The molecule has 1 aromatic rings. The van der Waals surface area contributed by atoms with Gasteiger partial charge in [-0.1, -0.05) is 19.9 Å². The molecule has 0 aliphatic rings. The third-order valence-corrected chi connectivity index (χ3v) is 4.87. The van der Waals surface area contributed by atoms with Crippen molar-refractivity contribution in [1.82, 2.24) is 4.72 Å². The molecular weight excluding hydrogens is 288 g/mol. The first-order valence-corrected chi connectivity index (χ1v) is 8.19. The van der Waals surface area contributed by atoms with E-state index in [1.165, 1.54) is 6.07 Å². The molecular formula is C15H22N2O3S. The Morgan fingerprint density at radius 1 is 1.38 bits per heavy atom. The van der Waals surface area contributed by atoms with Crippen LogP contribution in [0.2, 0.25) is 0 Å². The largest absolute Gasteiger partial charge is 0.385 e. The number of rotatable bonds is 7. The van der Waals surface area contributed by atoms with Crippen molar-refractivity contribution >= 4 is 10.0 Å². The zero-order chi connectivity index (χ0) is 16.1. The van der Waals surface area contributed by atoms with Gasteiger partial charge < -0.3 is 4.74 Å². The molecule has 21 heavy (non-hydrogen) atoms. The van der Waals surface area contributed by atoms with Gasteiger partial charge in [-0.25, -0.2) is 13.1 Å². The zero-order valence-corrected chi connectivity index (χ0v) is 13.8. The van der Waals surface area contributed by atoms with Crippen LogP contribution in [0.25, 0.3) is 0 Å². The predicted octanol–water partition coefficient (Wildman–Crippen LogP) is 2.21. The number of benzene rings is 1. The van der Waals surface area contributed by atoms with Crippen LogP contribution in [0.5, 0.6) is 0 Å². The molecule has 0 atom stereocenters. The van der Waals surface area contributed by atoms with Gasteiger partial charge in [0.15, 0.2) is 0 Å². The number of methoxy groups -OCH3 is 1. The van der Waals surface area contributed by atoms with Gasteiger partial charge in [0.1, 0.15) is 0 Å². The average molecular weight is 310 g/mol. The van der Waals surface area contributed by atoms with Gasteiger partial charge in [-0.2, -0.15) is 5.26 Å². The molecule has 6 heteroatoms. The van der Waals surface area contributed by atoms with Crippen LogP contribution in [-0.4, -0.2) is 28.7 Å². The van der Waals surface area contributed by atoms with Gasteiger partial charge in [0.2, 0.25) is 10.0 Å². The van der Waals surface area contributed by atoms with E-state index in [-0.39, 0.29) is 10.3 Å². The van der Waals surface area contributed by atoms with Gasteiger partial charge >= 0.3 is 0 Å². The predicted molar refractivity (Wildman–Crippen MR) is 81.4 cm³/mol. The highest BCUT2D eigenvalue weighted by atomic mass is 32.2. The van der Waals surface area contributed by atoms with E-state index < -0.39 is 10.0 Å². The number of hydrogen-bond donors (Lipinski definition) is 1. The Labute approximate surface area is 127 Å². The van der Waals surface area contributed by atoms with Crippen LogP contribution < -0.4 is 4.72 Å². The topological polar surface area (TPSA) is 79.2 Å². The Hall–Kier alpha value is -1.42. The van der Waals surface area contributed by atoms with Gasteiger partial charge in [0, 0.05) is 20.3 Å². The summed E-state index contributed by atoms with van der Waals surface area (Å²) in [4.78, 5) is 0.157. The van der Waals surface area contributed by atoms with E-state index >= 15 is 0 Å². The quantitative estimate of drug-likeness (QED) is 0.837. The molecule has 1 rings (SSSR count). The maximum Gasteiger partial charge on any atom is 0.240 e. The Morgan fingerprint density at radius 3 is 2.62 bits per heavy atom. The molecule has 0 saturated carbocycles. The lowest BCUT2D eigenvalue weighted by molar-refractivity contribution is 0.153. The second-order valence-electron chi connectivity index (χ2n) is 5.82. The number of ether oxygens (including phenoxy) is 1. The van der Waals surface area contributed by atoms with E-state index in [4.69, 9.17) is 10.00 Å². The summed E-state index contributed by atoms with van der Waals surface area (Å²) in [6, 6.07) is 6.61. The summed E-state index contributed by atoms with van der Waals surface area (Å²) in [5, 5.41) is 8.90. The SMILES string of the molecule is COCCC(C)(C)CNS(=O)(=O)c1cc(C#N)ccc1C. The minimum Gasteiger partial charge on any atom is -0.385 e. The lowest BCUT2D eigenvalue weighted by Gasteiger charge is -2.24.